The highest BCUT2D eigenvalue weighted by Crippen LogP contribution is 2.21. The molecule has 112 valence electrons. The Morgan fingerprint density at radius 2 is 2.09 bits per heavy atom. The average molecular weight is 299 g/mol. The molecule has 2 rings (SSSR count). The molecule has 1 aromatic carbocycles. The monoisotopic (exact) mass is 299 g/mol. The molecule has 2 aromatic rings. The van der Waals surface area contributed by atoms with Crippen molar-refractivity contribution in [3.63, 3.8) is 0 Å². The van der Waals surface area contributed by atoms with Crippen LogP contribution in [0.1, 0.15) is 11.3 Å². The minimum absolute atomic E-state index is 0.196. The second kappa shape index (κ2) is 6.45. The average Bonchev–Trinajstić information content (AvgIpc) is 2.94. The predicted octanol–water partition coefficient (Wildman–Crippen LogP) is 2.42. The summed E-state index contributed by atoms with van der Waals surface area (Å²) in [5.41, 5.74) is 0.233. The third kappa shape index (κ3) is 3.07. The van der Waals surface area contributed by atoms with E-state index >= 15 is 0 Å². The fourth-order valence-electron chi connectivity index (χ4n) is 1.74. The van der Waals surface area contributed by atoms with Crippen molar-refractivity contribution in [1.29, 1.82) is 5.26 Å². The predicted molar refractivity (Wildman–Crippen MR) is 78.0 cm³/mol. The van der Waals surface area contributed by atoms with Crippen molar-refractivity contribution in [3.8, 4) is 11.8 Å². The van der Waals surface area contributed by atoms with Crippen LogP contribution in [-0.4, -0.2) is 23.3 Å². The van der Waals surface area contributed by atoms with Crippen molar-refractivity contribution in [2.24, 2.45) is 0 Å². The van der Waals surface area contributed by atoms with Crippen LogP contribution < -0.4 is 10.1 Å². The second-order valence-corrected chi connectivity index (χ2v) is 4.31. The number of aromatic nitrogens is 1. The molecule has 0 bridgehead atoms. The van der Waals surface area contributed by atoms with Gasteiger partial charge in [-0.2, -0.15) is 5.26 Å². The van der Waals surface area contributed by atoms with Crippen molar-refractivity contribution >= 4 is 17.4 Å². The lowest BCUT2D eigenvalue weighted by Crippen LogP contribution is -2.15. The second-order valence-electron chi connectivity index (χ2n) is 4.31. The number of nitriles is 1. The molecule has 0 saturated carbocycles. The van der Waals surface area contributed by atoms with Crippen LogP contribution in [0.15, 0.2) is 40.6 Å². The van der Waals surface area contributed by atoms with E-state index in [0.29, 0.717) is 17.2 Å². The normalized spacial score (nSPS) is 11.3. The number of carbonyl (C=O) groups excluding carboxylic acids is 1. The van der Waals surface area contributed by atoms with E-state index in [2.05, 4.69) is 10.5 Å². The molecule has 0 unspecified atom stereocenters. The molecule has 22 heavy (non-hydrogen) atoms. The lowest BCUT2D eigenvalue weighted by atomic mass is 10.1. The number of nitrogens with one attached hydrogen (secondary N) is 1. The van der Waals surface area contributed by atoms with Crippen LogP contribution in [0.25, 0.3) is 5.76 Å². The number of anilines is 1. The van der Waals surface area contributed by atoms with Gasteiger partial charge in [-0.25, -0.2) is 0 Å². The van der Waals surface area contributed by atoms with E-state index in [-0.39, 0.29) is 5.56 Å². The van der Waals surface area contributed by atoms with Crippen molar-refractivity contribution < 1.29 is 19.2 Å². The summed E-state index contributed by atoms with van der Waals surface area (Å²) in [7, 11) is 1.53. The van der Waals surface area contributed by atoms with Gasteiger partial charge in [0, 0.05) is 5.69 Å². The Morgan fingerprint density at radius 3 is 2.59 bits per heavy atom. The maximum absolute atomic E-state index is 12.1. The zero-order chi connectivity index (χ0) is 16.1. The Bertz CT molecular complexity index is 754. The van der Waals surface area contributed by atoms with E-state index in [1.165, 1.54) is 13.3 Å². The first-order valence-corrected chi connectivity index (χ1v) is 6.27. The Hall–Kier alpha value is -3.27. The van der Waals surface area contributed by atoms with Gasteiger partial charge in [0.15, 0.2) is 11.3 Å². The van der Waals surface area contributed by atoms with Crippen LogP contribution in [0.3, 0.4) is 0 Å². The molecule has 0 aliphatic heterocycles. The highest BCUT2D eigenvalue weighted by atomic mass is 16.5. The largest absolute Gasteiger partial charge is 0.506 e. The molecule has 0 saturated heterocycles. The number of hydrogen-bond donors (Lipinski definition) is 2. The van der Waals surface area contributed by atoms with Gasteiger partial charge in [0.25, 0.3) is 5.91 Å². The maximum atomic E-state index is 12.1. The van der Waals surface area contributed by atoms with Gasteiger partial charge in [0.05, 0.1) is 18.9 Å². The molecular formula is C15H13N3O4. The van der Waals surface area contributed by atoms with Gasteiger partial charge >= 0.3 is 0 Å². The number of hydrogen-bond acceptors (Lipinski definition) is 6. The van der Waals surface area contributed by atoms with Crippen LogP contribution in [-0.2, 0) is 4.79 Å². The topological polar surface area (TPSA) is 108 Å². The summed E-state index contributed by atoms with van der Waals surface area (Å²) in [5, 5.41) is 25.2. The first-order chi connectivity index (χ1) is 10.6. The van der Waals surface area contributed by atoms with Gasteiger partial charge in [-0.1, -0.05) is 5.16 Å². The number of methoxy groups -OCH3 is 1. The van der Waals surface area contributed by atoms with Gasteiger partial charge < -0.3 is 19.7 Å². The number of rotatable bonds is 4. The van der Waals surface area contributed by atoms with Crippen molar-refractivity contribution in [2.75, 3.05) is 12.4 Å². The van der Waals surface area contributed by atoms with Crippen LogP contribution >= 0.6 is 0 Å². The molecule has 0 aliphatic carbocycles. The van der Waals surface area contributed by atoms with Gasteiger partial charge in [0.2, 0.25) is 0 Å². The van der Waals surface area contributed by atoms with Crippen molar-refractivity contribution in [2.45, 2.75) is 6.92 Å². The number of aliphatic hydroxyl groups is 1. The first kappa shape index (κ1) is 15.1. The molecule has 2 N–H and O–H groups in total. The summed E-state index contributed by atoms with van der Waals surface area (Å²) in [6.07, 6.45) is 1.24. The molecule has 1 aromatic heterocycles. The number of nitrogens with zero attached hydrogens (tertiary/aromatic N) is 2. The number of amides is 1. The molecule has 1 heterocycles. The maximum Gasteiger partial charge on any atom is 0.270 e. The third-order valence-corrected chi connectivity index (χ3v) is 2.93. The molecule has 7 heteroatoms. The van der Waals surface area contributed by atoms with Crippen LogP contribution in [0, 0.1) is 18.3 Å². The molecule has 0 atom stereocenters. The molecular weight excluding hydrogens is 286 g/mol. The zero-order valence-electron chi connectivity index (χ0n) is 12.0. The lowest BCUT2D eigenvalue weighted by Gasteiger charge is -2.06. The lowest BCUT2D eigenvalue weighted by molar-refractivity contribution is -0.112. The number of aliphatic hydroxyl groups excluding tert-OH is 1. The minimum atomic E-state index is -0.731. The molecule has 0 fully saturated rings. The first-order valence-electron chi connectivity index (χ1n) is 6.27. The van der Waals surface area contributed by atoms with Gasteiger partial charge in [0.1, 0.15) is 17.6 Å². The SMILES string of the molecule is COc1ccc(NC(=O)/C(C#N)=C(\O)c2cnoc2C)cc1. The van der Waals surface area contributed by atoms with Crippen molar-refractivity contribution in [3.05, 3.63) is 47.4 Å². The summed E-state index contributed by atoms with van der Waals surface area (Å²) >= 11 is 0. The minimum Gasteiger partial charge on any atom is -0.506 e. The van der Waals surface area contributed by atoms with E-state index in [9.17, 15) is 9.90 Å². The summed E-state index contributed by atoms with van der Waals surface area (Å²) < 4.78 is 9.82. The smallest absolute Gasteiger partial charge is 0.270 e. The molecule has 7 nitrogen and oxygen atoms in total. The van der Waals surface area contributed by atoms with E-state index in [4.69, 9.17) is 14.5 Å². The van der Waals surface area contributed by atoms with Gasteiger partial charge in [-0.05, 0) is 31.2 Å². The highest BCUT2D eigenvalue weighted by Gasteiger charge is 2.19. The zero-order valence-corrected chi connectivity index (χ0v) is 12.0. The fourth-order valence-corrected chi connectivity index (χ4v) is 1.74. The number of ether oxygens (including phenoxy) is 1. The Labute approximate surface area is 126 Å². The van der Waals surface area contributed by atoms with Crippen LogP contribution in [0.4, 0.5) is 5.69 Å². The van der Waals surface area contributed by atoms with Crippen LogP contribution in [0.2, 0.25) is 0 Å². The van der Waals surface area contributed by atoms with Crippen LogP contribution in [0.5, 0.6) is 5.75 Å². The molecule has 0 radical (unpaired) electrons. The fraction of sp³-hybridized carbons (Fsp3) is 0.133. The van der Waals surface area contributed by atoms with E-state index in [1.54, 1.807) is 37.3 Å². The van der Waals surface area contributed by atoms with Crippen molar-refractivity contribution in [1.82, 2.24) is 5.16 Å². The highest BCUT2D eigenvalue weighted by molar-refractivity contribution is 6.11. The van der Waals surface area contributed by atoms with Gasteiger partial charge in [-0.15, -0.1) is 0 Å². The van der Waals surface area contributed by atoms with Gasteiger partial charge in [-0.3, -0.25) is 4.79 Å². The Morgan fingerprint density at radius 1 is 1.41 bits per heavy atom. The summed E-state index contributed by atoms with van der Waals surface area (Å²) in [6, 6.07) is 8.24. The third-order valence-electron chi connectivity index (χ3n) is 2.93. The van der Waals surface area contributed by atoms with E-state index < -0.39 is 17.2 Å². The number of carbonyl (C=O) groups is 1. The standard InChI is InChI=1S/C15H13N3O4/c1-9-13(8-17-22-9)14(19)12(7-16)15(20)18-10-3-5-11(21-2)6-4-10/h3-6,8,19H,1-2H3,(H,18,20)/b14-12-. The number of aryl methyl sites for hydroxylation is 1. The summed E-state index contributed by atoms with van der Waals surface area (Å²) in [5.74, 6) is -0.266. The molecule has 0 aliphatic rings. The summed E-state index contributed by atoms with van der Waals surface area (Å²) in [4.78, 5) is 12.1. The number of benzene rings is 1. The quantitative estimate of drug-likeness (QED) is 0.510. The summed E-state index contributed by atoms with van der Waals surface area (Å²) in [6.45, 7) is 1.56. The Balaban J connectivity index is 2.26. The van der Waals surface area contributed by atoms with E-state index in [0.717, 1.165) is 0 Å². The molecule has 0 spiro atoms. The van der Waals surface area contributed by atoms with E-state index in [1.807, 2.05) is 0 Å². The Kier molecular flexibility index (Phi) is 4.44. The molecule has 1 amide bonds.